The SMILES string of the molecule is Cc1cc(SCc2ccccc2CC(=O)NN)n(C)n1. The second kappa shape index (κ2) is 6.58. The number of hydrogen-bond acceptors (Lipinski definition) is 4. The van der Waals surface area contributed by atoms with Crippen molar-refractivity contribution in [1.29, 1.82) is 0 Å². The van der Waals surface area contributed by atoms with Crippen LogP contribution in [0, 0.1) is 6.92 Å². The minimum Gasteiger partial charge on any atom is -0.294 e. The molecule has 0 saturated carbocycles. The number of amides is 1. The van der Waals surface area contributed by atoms with E-state index in [1.807, 2.05) is 42.9 Å². The van der Waals surface area contributed by atoms with Gasteiger partial charge in [0.05, 0.1) is 17.1 Å². The zero-order chi connectivity index (χ0) is 14.5. The van der Waals surface area contributed by atoms with Gasteiger partial charge < -0.3 is 0 Å². The van der Waals surface area contributed by atoms with E-state index < -0.39 is 0 Å². The lowest BCUT2D eigenvalue weighted by Crippen LogP contribution is -2.31. The first-order valence-corrected chi connectivity index (χ1v) is 7.28. The van der Waals surface area contributed by atoms with Crippen LogP contribution in [-0.4, -0.2) is 15.7 Å². The van der Waals surface area contributed by atoms with Crippen LogP contribution < -0.4 is 11.3 Å². The van der Waals surface area contributed by atoms with Crippen LogP contribution in [0.5, 0.6) is 0 Å². The first kappa shape index (κ1) is 14.6. The maximum Gasteiger partial charge on any atom is 0.238 e. The fraction of sp³-hybridized carbons (Fsp3) is 0.286. The van der Waals surface area contributed by atoms with Crippen molar-refractivity contribution < 1.29 is 4.79 Å². The van der Waals surface area contributed by atoms with Crippen LogP contribution in [0.25, 0.3) is 0 Å². The molecule has 2 rings (SSSR count). The normalized spacial score (nSPS) is 10.6. The predicted molar refractivity (Wildman–Crippen MR) is 80.0 cm³/mol. The maximum absolute atomic E-state index is 11.4. The van der Waals surface area contributed by atoms with E-state index in [-0.39, 0.29) is 5.91 Å². The van der Waals surface area contributed by atoms with E-state index >= 15 is 0 Å². The molecule has 20 heavy (non-hydrogen) atoms. The number of nitrogens with zero attached hydrogens (tertiary/aromatic N) is 2. The molecule has 0 atom stereocenters. The Kier molecular flexibility index (Phi) is 4.81. The van der Waals surface area contributed by atoms with E-state index in [0.29, 0.717) is 6.42 Å². The van der Waals surface area contributed by atoms with Gasteiger partial charge in [0.15, 0.2) is 0 Å². The van der Waals surface area contributed by atoms with Gasteiger partial charge in [-0.3, -0.25) is 14.9 Å². The van der Waals surface area contributed by atoms with Gasteiger partial charge in [-0.15, -0.1) is 11.8 Å². The summed E-state index contributed by atoms with van der Waals surface area (Å²) >= 11 is 1.71. The number of nitrogens with one attached hydrogen (secondary N) is 1. The number of aryl methyl sites for hydroxylation is 2. The number of carbonyl (C=O) groups excluding carboxylic acids is 1. The second-order valence-electron chi connectivity index (χ2n) is 4.55. The average Bonchev–Trinajstić information content (AvgIpc) is 2.76. The van der Waals surface area contributed by atoms with E-state index in [0.717, 1.165) is 27.6 Å². The monoisotopic (exact) mass is 290 g/mol. The third-order valence-corrected chi connectivity index (χ3v) is 4.10. The Morgan fingerprint density at radius 2 is 2.10 bits per heavy atom. The summed E-state index contributed by atoms with van der Waals surface area (Å²) in [6.45, 7) is 1.98. The molecule has 106 valence electrons. The average molecular weight is 290 g/mol. The maximum atomic E-state index is 11.4. The van der Waals surface area contributed by atoms with Gasteiger partial charge in [-0.05, 0) is 24.1 Å². The zero-order valence-corrected chi connectivity index (χ0v) is 12.4. The summed E-state index contributed by atoms with van der Waals surface area (Å²) in [6, 6.07) is 9.96. The highest BCUT2D eigenvalue weighted by molar-refractivity contribution is 7.98. The number of thioether (sulfide) groups is 1. The Bertz CT molecular complexity index is 609. The molecule has 3 N–H and O–H groups in total. The number of benzene rings is 1. The molecule has 5 nitrogen and oxygen atoms in total. The molecule has 1 aromatic heterocycles. The molecule has 6 heteroatoms. The summed E-state index contributed by atoms with van der Waals surface area (Å²) in [7, 11) is 1.93. The molecular formula is C14H18N4OS. The van der Waals surface area contributed by atoms with Gasteiger partial charge in [0.2, 0.25) is 5.91 Å². The van der Waals surface area contributed by atoms with Crippen molar-refractivity contribution in [2.24, 2.45) is 12.9 Å². The highest BCUT2D eigenvalue weighted by atomic mass is 32.2. The molecule has 0 aliphatic heterocycles. The molecular weight excluding hydrogens is 272 g/mol. The summed E-state index contributed by atoms with van der Waals surface area (Å²) in [4.78, 5) is 11.4. The van der Waals surface area contributed by atoms with E-state index in [1.165, 1.54) is 0 Å². The van der Waals surface area contributed by atoms with Crippen molar-refractivity contribution in [3.05, 3.63) is 47.2 Å². The summed E-state index contributed by atoms with van der Waals surface area (Å²) in [5, 5.41) is 5.43. The molecule has 0 saturated heterocycles. The van der Waals surface area contributed by atoms with Crippen LogP contribution >= 0.6 is 11.8 Å². The number of aromatic nitrogens is 2. The molecule has 0 unspecified atom stereocenters. The number of hydrazine groups is 1. The van der Waals surface area contributed by atoms with E-state index in [1.54, 1.807) is 11.8 Å². The van der Waals surface area contributed by atoms with Crippen LogP contribution in [0.4, 0.5) is 0 Å². The quantitative estimate of drug-likeness (QED) is 0.379. The molecule has 0 fully saturated rings. The Morgan fingerprint density at radius 1 is 1.40 bits per heavy atom. The lowest BCUT2D eigenvalue weighted by atomic mass is 10.1. The Labute approximate surface area is 122 Å². The molecule has 0 aliphatic carbocycles. The van der Waals surface area contributed by atoms with Gasteiger partial charge in [0.1, 0.15) is 0 Å². The summed E-state index contributed by atoms with van der Waals surface area (Å²) in [6.07, 6.45) is 0.303. The van der Waals surface area contributed by atoms with E-state index in [4.69, 9.17) is 5.84 Å². The molecule has 1 heterocycles. The van der Waals surface area contributed by atoms with Crippen molar-refractivity contribution in [3.63, 3.8) is 0 Å². The third kappa shape index (κ3) is 3.61. The van der Waals surface area contributed by atoms with Crippen molar-refractivity contribution in [2.45, 2.75) is 24.1 Å². The van der Waals surface area contributed by atoms with Crippen LogP contribution in [0.15, 0.2) is 35.4 Å². The Morgan fingerprint density at radius 3 is 2.70 bits per heavy atom. The minimum atomic E-state index is -0.182. The van der Waals surface area contributed by atoms with Gasteiger partial charge >= 0.3 is 0 Å². The minimum absolute atomic E-state index is 0.182. The molecule has 0 radical (unpaired) electrons. The summed E-state index contributed by atoms with van der Waals surface area (Å²) < 4.78 is 1.87. The topological polar surface area (TPSA) is 72.9 Å². The fourth-order valence-corrected chi connectivity index (χ4v) is 3.03. The van der Waals surface area contributed by atoms with Crippen molar-refractivity contribution in [2.75, 3.05) is 0 Å². The molecule has 0 bridgehead atoms. The lowest BCUT2D eigenvalue weighted by molar-refractivity contribution is -0.120. The Balaban J connectivity index is 2.09. The van der Waals surface area contributed by atoms with Gasteiger partial charge in [-0.25, -0.2) is 5.84 Å². The highest BCUT2D eigenvalue weighted by Crippen LogP contribution is 2.24. The molecule has 1 amide bonds. The third-order valence-electron chi connectivity index (χ3n) is 2.96. The first-order valence-electron chi connectivity index (χ1n) is 6.30. The molecule has 2 aromatic rings. The van der Waals surface area contributed by atoms with Crippen molar-refractivity contribution in [3.8, 4) is 0 Å². The number of carbonyl (C=O) groups is 1. The highest BCUT2D eigenvalue weighted by Gasteiger charge is 2.08. The number of rotatable bonds is 5. The molecule has 0 spiro atoms. The van der Waals surface area contributed by atoms with Gasteiger partial charge in [0.25, 0.3) is 0 Å². The van der Waals surface area contributed by atoms with Crippen LogP contribution in [0.1, 0.15) is 16.8 Å². The van der Waals surface area contributed by atoms with E-state index in [9.17, 15) is 4.79 Å². The van der Waals surface area contributed by atoms with Gasteiger partial charge in [-0.2, -0.15) is 5.10 Å². The van der Waals surface area contributed by atoms with Crippen LogP contribution in [-0.2, 0) is 24.0 Å². The molecule has 0 aliphatic rings. The van der Waals surface area contributed by atoms with Gasteiger partial charge in [-0.1, -0.05) is 24.3 Å². The smallest absolute Gasteiger partial charge is 0.238 e. The number of hydrogen-bond donors (Lipinski definition) is 2. The largest absolute Gasteiger partial charge is 0.294 e. The fourth-order valence-electron chi connectivity index (χ4n) is 1.97. The molecule has 1 aromatic carbocycles. The standard InChI is InChI=1S/C14H18N4OS/c1-10-7-14(18(2)17-10)20-9-12-6-4-3-5-11(12)8-13(19)16-15/h3-7H,8-9,15H2,1-2H3,(H,16,19). The van der Waals surface area contributed by atoms with Crippen molar-refractivity contribution >= 4 is 17.7 Å². The van der Waals surface area contributed by atoms with Crippen LogP contribution in [0.3, 0.4) is 0 Å². The van der Waals surface area contributed by atoms with Crippen LogP contribution in [0.2, 0.25) is 0 Å². The first-order chi connectivity index (χ1) is 9.60. The second-order valence-corrected chi connectivity index (χ2v) is 5.54. The van der Waals surface area contributed by atoms with E-state index in [2.05, 4.69) is 16.6 Å². The number of nitrogens with two attached hydrogens (primary N) is 1. The van der Waals surface area contributed by atoms with Crippen molar-refractivity contribution in [1.82, 2.24) is 15.2 Å². The summed E-state index contributed by atoms with van der Waals surface area (Å²) in [5.41, 5.74) is 5.31. The summed E-state index contributed by atoms with van der Waals surface area (Å²) in [5.74, 6) is 5.76. The predicted octanol–water partition coefficient (Wildman–Crippen LogP) is 1.55. The Hall–Kier alpha value is -1.79. The van der Waals surface area contributed by atoms with Gasteiger partial charge in [0, 0.05) is 12.8 Å². The lowest BCUT2D eigenvalue weighted by Gasteiger charge is -2.08. The zero-order valence-electron chi connectivity index (χ0n) is 11.6.